The molecular weight excluding hydrogens is 228 g/mol. The summed E-state index contributed by atoms with van der Waals surface area (Å²) < 4.78 is 25.0. The second-order valence-corrected chi connectivity index (χ2v) is 7.43. The van der Waals surface area contributed by atoms with Crippen molar-refractivity contribution in [1.29, 1.82) is 0 Å². The molecule has 1 amide bonds. The first kappa shape index (κ1) is 11.9. The van der Waals surface area contributed by atoms with Gasteiger partial charge in [-0.3, -0.25) is 9.52 Å². The molecular formula is C10H18N2O3S. The quantitative estimate of drug-likeness (QED) is 0.737. The van der Waals surface area contributed by atoms with E-state index < -0.39 is 26.2 Å². The van der Waals surface area contributed by atoms with Gasteiger partial charge in [-0.15, -0.1) is 0 Å². The highest BCUT2D eigenvalue weighted by Gasteiger charge is 2.59. The Morgan fingerprint density at radius 1 is 1.50 bits per heavy atom. The lowest BCUT2D eigenvalue weighted by Crippen LogP contribution is -2.49. The maximum absolute atomic E-state index is 11.8. The van der Waals surface area contributed by atoms with Crippen LogP contribution < -0.4 is 10.5 Å². The molecule has 16 heavy (non-hydrogen) atoms. The Morgan fingerprint density at radius 3 is 2.44 bits per heavy atom. The lowest BCUT2D eigenvalue weighted by molar-refractivity contribution is -0.121. The fourth-order valence-corrected chi connectivity index (χ4v) is 3.24. The Kier molecular flexibility index (Phi) is 2.37. The molecule has 0 aromatic heterocycles. The largest absolute Gasteiger partial charge is 0.317 e. The first-order valence-corrected chi connectivity index (χ1v) is 7.09. The molecule has 92 valence electrons. The van der Waals surface area contributed by atoms with Gasteiger partial charge in [0.2, 0.25) is 10.0 Å². The number of nitrogens with one attached hydrogen (secondary N) is 1. The molecule has 2 fully saturated rings. The highest BCUT2D eigenvalue weighted by atomic mass is 32.2. The average Bonchev–Trinajstić information content (AvgIpc) is 3.04. The van der Waals surface area contributed by atoms with Crippen molar-refractivity contribution in [1.82, 2.24) is 4.72 Å². The van der Waals surface area contributed by atoms with Crippen LogP contribution >= 0.6 is 0 Å². The Bertz CT molecular complexity index is 427. The van der Waals surface area contributed by atoms with Crippen molar-refractivity contribution in [2.45, 2.75) is 49.8 Å². The first-order chi connectivity index (χ1) is 7.25. The molecule has 2 aliphatic rings. The Hall–Kier alpha value is -0.620. The minimum absolute atomic E-state index is 0.120. The fraction of sp³-hybridized carbons (Fsp3) is 0.900. The van der Waals surface area contributed by atoms with Crippen LogP contribution in [0.15, 0.2) is 0 Å². The van der Waals surface area contributed by atoms with Gasteiger partial charge in [0.05, 0.1) is 10.3 Å². The number of sulfonamides is 1. The zero-order chi connectivity index (χ0) is 12.2. The topological polar surface area (TPSA) is 89.3 Å². The van der Waals surface area contributed by atoms with Crippen LogP contribution in [0, 0.1) is 5.92 Å². The van der Waals surface area contributed by atoms with Crippen molar-refractivity contribution in [2.75, 3.05) is 0 Å². The van der Waals surface area contributed by atoms with Crippen molar-refractivity contribution in [3.05, 3.63) is 0 Å². The molecule has 2 saturated carbocycles. The molecule has 2 rings (SSSR count). The van der Waals surface area contributed by atoms with Crippen LogP contribution in [0.3, 0.4) is 0 Å². The third kappa shape index (κ3) is 1.64. The number of hydrogen-bond acceptors (Lipinski definition) is 4. The predicted octanol–water partition coefficient (Wildman–Crippen LogP) is 0.112. The maximum atomic E-state index is 11.8. The molecule has 0 saturated heterocycles. The molecule has 0 radical (unpaired) electrons. The van der Waals surface area contributed by atoms with Crippen LogP contribution in [-0.2, 0) is 14.8 Å². The standard InChI is InChI=1S/C10H18N2O3S/c1-3-7-6-10(7,11)8(13)12-16(14,15)9(2)4-5-9/h7H,3-6,11H2,1-2H3,(H,12,13)/t7-,10+/m0/s1. The number of carbonyl (C=O) groups excluding carboxylic acids is 1. The van der Waals surface area contributed by atoms with Crippen LogP contribution in [0.4, 0.5) is 0 Å². The summed E-state index contributed by atoms with van der Waals surface area (Å²) in [5.74, 6) is -0.415. The van der Waals surface area contributed by atoms with Gasteiger partial charge in [0, 0.05) is 0 Å². The zero-order valence-corrected chi connectivity index (χ0v) is 10.4. The van der Waals surface area contributed by atoms with Gasteiger partial charge in [-0.25, -0.2) is 8.42 Å². The van der Waals surface area contributed by atoms with E-state index in [1.165, 1.54) is 0 Å². The van der Waals surface area contributed by atoms with Gasteiger partial charge in [-0.05, 0) is 32.1 Å². The van der Waals surface area contributed by atoms with E-state index in [9.17, 15) is 13.2 Å². The highest BCUT2D eigenvalue weighted by Crippen LogP contribution is 2.45. The van der Waals surface area contributed by atoms with E-state index in [-0.39, 0.29) is 5.92 Å². The minimum Gasteiger partial charge on any atom is -0.317 e. The average molecular weight is 246 g/mol. The second-order valence-electron chi connectivity index (χ2n) is 5.23. The van der Waals surface area contributed by atoms with Crippen LogP contribution in [0.5, 0.6) is 0 Å². The number of carbonyl (C=O) groups is 1. The SMILES string of the molecule is CC[C@H]1C[C@]1(N)C(=O)NS(=O)(=O)C1(C)CC1. The van der Waals surface area contributed by atoms with E-state index >= 15 is 0 Å². The number of rotatable bonds is 4. The monoisotopic (exact) mass is 246 g/mol. The van der Waals surface area contributed by atoms with E-state index in [1.807, 2.05) is 6.92 Å². The lowest BCUT2D eigenvalue weighted by atomic mass is 10.2. The van der Waals surface area contributed by atoms with Gasteiger partial charge in [0.1, 0.15) is 0 Å². The Balaban J connectivity index is 2.04. The van der Waals surface area contributed by atoms with E-state index in [4.69, 9.17) is 5.73 Å². The molecule has 6 heteroatoms. The number of amides is 1. The van der Waals surface area contributed by atoms with E-state index in [2.05, 4.69) is 4.72 Å². The van der Waals surface area contributed by atoms with Gasteiger partial charge in [-0.2, -0.15) is 0 Å². The van der Waals surface area contributed by atoms with Crippen LogP contribution in [0.2, 0.25) is 0 Å². The summed E-state index contributed by atoms with van der Waals surface area (Å²) in [6.07, 6.45) is 2.62. The van der Waals surface area contributed by atoms with E-state index in [1.54, 1.807) is 6.92 Å². The molecule has 0 aromatic carbocycles. The van der Waals surface area contributed by atoms with Crippen LogP contribution in [0.1, 0.15) is 39.5 Å². The van der Waals surface area contributed by atoms with Crippen molar-refractivity contribution < 1.29 is 13.2 Å². The summed E-state index contributed by atoms with van der Waals surface area (Å²) in [5, 5.41) is 0. The molecule has 0 aromatic rings. The lowest BCUT2D eigenvalue weighted by Gasteiger charge is -2.15. The van der Waals surface area contributed by atoms with Crippen molar-refractivity contribution in [3.63, 3.8) is 0 Å². The molecule has 2 atom stereocenters. The fourth-order valence-electron chi connectivity index (χ4n) is 1.92. The number of hydrogen-bond donors (Lipinski definition) is 2. The molecule has 0 aliphatic heterocycles. The second kappa shape index (κ2) is 3.20. The number of nitrogens with two attached hydrogens (primary N) is 1. The molecule has 0 spiro atoms. The molecule has 5 nitrogen and oxygen atoms in total. The highest BCUT2D eigenvalue weighted by molar-refractivity contribution is 7.91. The summed E-state index contributed by atoms with van der Waals surface area (Å²) in [6.45, 7) is 3.60. The first-order valence-electron chi connectivity index (χ1n) is 5.61. The summed E-state index contributed by atoms with van der Waals surface area (Å²) in [6, 6.07) is 0. The summed E-state index contributed by atoms with van der Waals surface area (Å²) in [5.41, 5.74) is 4.89. The molecule has 2 aliphatic carbocycles. The van der Waals surface area contributed by atoms with Gasteiger partial charge in [-0.1, -0.05) is 13.3 Å². The van der Waals surface area contributed by atoms with Gasteiger partial charge in [0.15, 0.2) is 0 Å². The van der Waals surface area contributed by atoms with Crippen LogP contribution in [-0.4, -0.2) is 24.6 Å². The zero-order valence-electron chi connectivity index (χ0n) is 9.62. The summed E-state index contributed by atoms with van der Waals surface area (Å²) in [7, 11) is -3.54. The maximum Gasteiger partial charge on any atom is 0.253 e. The smallest absolute Gasteiger partial charge is 0.253 e. The van der Waals surface area contributed by atoms with Crippen LogP contribution in [0.25, 0.3) is 0 Å². The van der Waals surface area contributed by atoms with Crippen molar-refractivity contribution in [2.24, 2.45) is 11.7 Å². The molecule has 0 heterocycles. The van der Waals surface area contributed by atoms with E-state index in [0.717, 1.165) is 6.42 Å². The van der Waals surface area contributed by atoms with Gasteiger partial charge >= 0.3 is 0 Å². The summed E-state index contributed by atoms with van der Waals surface area (Å²) >= 11 is 0. The van der Waals surface area contributed by atoms with Crippen molar-refractivity contribution in [3.8, 4) is 0 Å². The molecule has 3 N–H and O–H groups in total. The molecule has 0 bridgehead atoms. The van der Waals surface area contributed by atoms with Crippen molar-refractivity contribution >= 4 is 15.9 Å². The molecule has 0 unspecified atom stereocenters. The van der Waals surface area contributed by atoms with Gasteiger partial charge < -0.3 is 5.73 Å². The normalized spacial score (nSPS) is 35.6. The Labute approximate surface area is 95.8 Å². The third-order valence-corrected chi connectivity index (χ3v) is 6.06. The summed E-state index contributed by atoms with van der Waals surface area (Å²) in [4.78, 5) is 11.8. The van der Waals surface area contributed by atoms with E-state index in [0.29, 0.717) is 19.3 Å². The minimum atomic E-state index is -3.54. The Morgan fingerprint density at radius 2 is 2.06 bits per heavy atom. The predicted molar refractivity (Wildman–Crippen MR) is 60.0 cm³/mol. The van der Waals surface area contributed by atoms with Gasteiger partial charge in [0.25, 0.3) is 5.91 Å². The third-order valence-electron chi connectivity index (χ3n) is 3.90.